The van der Waals surface area contributed by atoms with Gasteiger partial charge in [0.05, 0.1) is 0 Å². The molecular formula is C12H17FN2. The first kappa shape index (κ1) is 10.6. The molecule has 1 aromatic rings. The summed E-state index contributed by atoms with van der Waals surface area (Å²) >= 11 is 0. The highest BCUT2D eigenvalue weighted by molar-refractivity contribution is 5.23. The van der Waals surface area contributed by atoms with Gasteiger partial charge in [-0.05, 0) is 37.2 Å². The fourth-order valence-electron chi connectivity index (χ4n) is 2.41. The van der Waals surface area contributed by atoms with Crippen LogP contribution in [-0.2, 0) is 0 Å². The molecule has 2 rings (SSSR count). The van der Waals surface area contributed by atoms with Gasteiger partial charge >= 0.3 is 0 Å². The second kappa shape index (κ2) is 4.29. The Bertz CT molecular complexity index is 323. The molecule has 0 spiro atoms. The molecule has 2 nitrogen and oxygen atoms in total. The number of likely N-dealkylation sites (N-methyl/N-ethyl adjacent to an activating group) is 1. The van der Waals surface area contributed by atoms with Gasteiger partial charge in [0.1, 0.15) is 5.82 Å². The lowest BCUT2D eigenvalue weighted by atomic mass is 9.89. The Morgan fingerprint density at radius 1 is 1.33 bits per heavy atom. The molecule has 1 saturated heterocycles. The van der Waals surface area contributed by atoms with E-state index < -0.39 is 0 Å². The van der Waals surface area contributed by atoms with E-state index in [1.165, 1.54) is 17.7 Å². The largest absolute Gasteiger partial charge is 0.330 e. The summed E-state index contributed by atoms with van der Waals surface area (Å²) in [5.74, 6) is 0.787. The van der Waals surface area contributed by atoms with Gasteiger partial charge < -0.3 is 10.6 Å². The SMILES string of the molecule is CN1C[C@@H](CN)[C@H](c2ccc(F)cc2)C1. The van der Waals surface area contributed by atoms with Crippen LogP contribution in [0.1, 0.15) is 11.5 Å². The molecule has 82 valence electrons. The van der Waals surface area contributed by atoms with Crippen molar-refractivity contribution >= 4 is 0 Å². The fraction of sp³-hybridized carbons (Fsp3) is 0.500. The van der Waals surface area contributed by atoms with Crippen LogP contribution < -0.4 is 5.73 Å². The van der Waals surface area contributed by atoms with Crippen LogP contribution in [0.5, 0.6) is 0 Å². The fourth-order valence-corrected chi connectivity index (χ4v) is 2.41. The lowest BCUT2D eigenvalue weighted by Gasteiger charge is -2.16. The Hall–Kier alpha value is -0.930. The molecule has 0 radical (unpaired) electrons. The van der Waals surface area contributed by atoms with Crippen LogP contribution in [0.3, 0.4) is 0 Å². The van der Waals surface area contributed by atoms with Gasteiger partial charge in [-0.1, -0.05) is 12.1 Å². The molecule has 0 unspecified atom stereocenters. The first-order valence-corrected chi connectivity index (χ1v) is 5.35. The molecule has 1 fully saturated rings. The summed E-state index contributed by atoms with van der Waals surface area (Å²) in [5, 5.41) is 0. The van der Waals surface area contributed by atoms with Crippen molar-refractivity contribution in [3.05, 3.63) is 35.6 Å². The topological polar surface area (TPSA) is 29.3 Å². The normalized spacial score (nSPS) is 27.1. The summed E-state index contributed by atoms with van der Waals surface area (Å²) in [4.78, 5) is 2.28. The van der Waals surface area contributed by atoms with E-state index in [0.717, 1.165) is 13.1 Å². The number of nitrogens with two attached hydrogens (primary N) is 1. The van der Waals surface area contributed by atoms with Crippen LogP contribution in [0.4, 0.5) is 4.39 Å². The Balaban J connectivity index is 2.19. The van der Waals surface area contributed by atoms with Gasteiger partial charge in [-0.3, -0.25) is 0 Å². The van der Waals surface area contributed by atoms with Gasteiger partial charge in [0.15, 0.2) is 0 Å². The van der Waals surface area contributed by atoms with Crippen LogP contribution in [0.15, 0.2) is 24.3 Å². The van der Waals surface area contributed by atoms with Gasteiger partial charge in [0.2, 0.25) is 0 Å². The molecule has 1 aromatic carbocycles. The number of likely N-dealkylation sites (tertiary alicyclic amines) is 1. The van der Waals surface area contributed by atoms with Gasteiger partial charge in [0, 0.05) is 19.0 Å². The van der Waals surface area contributed by atoms with Gasteiger partial charge in [0.25, 0.3) is 0 Å². The van der Waals surface area contributed by atoms with E-state index in [2.05, 4.69) is 11.9 Å². The Morgan fingerprint density at radius 3 is 2.60 bits per heavy atom. The molecular weight excluding hydrogens is 191 g/mol. The number of hydrogen-bond acceptors (Lipinski definition) is 2. The van der Waals surface area contributed by atoms with Crippen LogP contribution in [0, 0.1) is 11.7 Å². The lowest BCUT2D eigenvalue weighted by molar-refractivity contribution is 0.397. The van der Waals surface area contributed by atoms with E-state index in [9.17, 15) is 4.39 Å². The number of halogens is 1. The van der Waals surface area contributed by atoms with Crippen LogP contribution in [0.25, 0.3) is 0 Å². The van der Waals surface area contributed by atoms with Crippen molar-refractivity contribution in [2.75, 3.05) is 26.7 Å². The molecule has 1 aliphatic heterocycles. The van der Waals surface area contributed by atoms with Crippen LogP contribution in [0.2, 0.25) is 0 Å². The zero-order chi connectivity index (χ0) is 10.8. The van der Waals surface area contributed by atoms with Gasteiger partial charge in [-0.2, -0.15) is 0 Å². The molecule has 15 heavy (non-hydrogen) atoms. The highest BCUT2D eigenvalue weighted by Gasteiger charge is 2.30. The average Bonchev–Trinajstić information content (AvgIpc) is 2.61. The summed E-state index contributed by atoms with van der Waals surface area (Å²) in [6.45, 7) is 2.76. The minimum Gasteiger partial charge on any atom is -0.330 e. The van der Waals surface area contributed by atoms with Crippen LogP contribution >= 0.6 is 0 Å². The van der Waals surface area contributed by atoms with Crippen molar-refractivity contribution < 1.29 is 4.39 Å². The minimum atomic E-state index is -0.172. The van der Waals surface area contributed by atoms with Gasteiger partial charge in [-0.15, -0.1) is 0 Å². The third-order valence-corrected chi connectivity index (χ3v) is 3.22. The van der Waals surface area contributed by atoms with E-state index in [1.54, 1.807) is 0 Å². The highest BCUT2D eigenvalue weighted by atomic mass is 19.1. The number of rotatable bonds is 2. The molecule has 2 atom stereocenters. The lowest BCUT2D eigenvalue weighted by Crippen LogP contribution is -2.21. The van der Waals surface area contributed by atoms with Crippen molar-refractivity contribution in [2.24, 2.45) is 11.7 Å². The third-order valence-electron chi connectivity index (χ3n) is 3.22. The first-order valence-electron chi connectivity index (χ1n) is 5.35. The smallest absolute Gasteiger partial charge is 0.123 e. The molecule has 1 heterocycles. The molecule has 0 bridgehead atoms. The van der Waals surface area contributed by atoms with Crippen molar-refractivity contribution in [3.63, 3.8) is 0 Å². The van der Waals surface area contributed by atoms with Gasteiger partial charge in [-0.25, -0.2) is 4.39 Å². The maximum atomic E-state index is 12.8. The first-order chi connectivity index (χ1) is 7.20. The quantitative estimate of drug-likeness (QED) is 0.796. The molecule has 1 aliphatic rings. The summed E-state index contributed by atoms with van der Waals surface area (Å²) in [6, 6.07) is 6.81. The number of nitrogens with zero attached hydrogens (tertiary/aromatic N) is 1. The summed E-state index contributed by atoms with van der Waals surface area (Å²) in [5.41, 5.74) is 6.96. The van der Waals surface area contributed by atoms with Crippen molar-refractivity contribution in [3.8, 4) is 0 Å². The standard InChI is InChI=1S/C12H17FN2/c1-15-7-10(6-14)12(8-15)9-2-4-11(13)5-3-9/h2-5,10,12H,6-8,14H2,1H3/t10-,12+/m1/s1. The maximum absolute atomic E-state index is 12.8. The minimum absolute atomic E-state index is 0.172. The molecule has 0 aliphatic carbocycles. The Morgan fingerprint density at radius 2 is 2.00 bits per heavy atom. The van der Waals surface area contributed by atoms with Crippen LogP contribution in [-0.4, -0.2) is 31.6 Å². The van der Waals surface area contributed by atoms with E-state index in [4.69, 9.17) is 5.73 Å². The number of benzene rings is 1. The molecule has 0 saturated carbocycles. The zero-order valence-electron chi connectivity index (χ0n) is 8.99. The zero-order valence-corrected chi connectivity index (χ0v) is 8.99. The Labute approximate surface area is 89.9 Å². The molecule has 0 aromatic heterocycles. The Kier molecular flexibility index (Phi) is 3.03. The summed E-state index contributed by atoms with van der Waals surface area (Å²) in [6.07, 6.45) is 0. The third kappa shape index (κ3) is 2.19. The maximum Gasteiger partial charge on any atom is 0.123 e. The van der Waals surface area contributed by atoms with Crippen molar-refractivity contribution in [2.45, 2.75) is 5.92 Å². The molecule has 3 heteroatoms. The molecule has 0 amide bonds. The molecule has 2 N–H and O–H groups in total. The monoisotopic (exact) mass is 208 g/mol. The average molecular weight is 208 g/mol. The highest BCUT2D eigenvalue weighted by Crippen LogP contribution is 2.31. The van der Waals surface area contributed by atoms with E-state index >= 15 is 0 Å². The van der Waals surface area contributed by atoms with E-state index in [0.29, 0.717) is 18.4 Å². The number of hydrogen-bond donors (Lipinski definition) is 1. The summed E-state index contributed by atoms with van der Waals surface area (Å²) < 4.78 is 12.8. The second-order valence-electron chi connectivity index (χ2n) is 4.38. The van der Waals surface area contributed by atoms with Crippen molar-refractivity contribution in [1.82, 2.24) is 4.90 Å². The predicted molar refractivity (Wildman–Crippen MR) is 59.2 cm³/mol. The van der Waals surface area contributed by atoms with E-state index in [-0.39, 0.29) is 5.82 Å². The second-order valence-corrected chi connectivity index (χ2v) is 4.38. The predicted octanol–water partition coefficient (Wildman–Crippen LogP) is 1.43. The summed E-state index contributed by atoms with van der Waals surface area (Å²) in [7, 11) is 2.10. The van der Waals surface area contributed by atoms with E-state index in [1.807, 2.05) is 12.1 Å². The van der Waals surface area contributed by atoms with Crippen molar-refractivity contribution in [1.29, 1.82) is 0 Å².